The maximum Gasteiger partial charge on any atom is 0.223 e. The molecule has 2 aromatic heterocycles. The molecule has 1 aromatic carbocycles. The molecule has 0 aliphatic carbocycles. The molecule has 1 aliphatic heterocycles. The number of nitrogens with zero attached hydrogens (tertiary/aromatic N) is 6. The number of hydrogen-bond donors (Lipinski definition) is 1. The van der Waals surface area contributed by atoms with Crippen molar-refractivity contribution in [3.05, 3.63) is 53.4 Å². The SMILES string of the molecule is Cc1cc(C)nc(N[C@H]2CCCN(c3ccc(-n4nccn4)c(C=O)c3F)[C@@H]2C)n1. The normalized spacial score (nSPS) is 19.0. The average Bonchev–Trinajstić information content (AvgIpc) is 3.23. The number of piperidine rings is 1. The lowest BCUT2D eigenvalue weighted by molar-refractivity contribution is 0.111. The van der Waals surface area contributed by atoms with Crippen LogP contribution in [0, 0.1) is 19.7 Å². The molecule has 156 valence electrons. The first-order valence-corrected chi connectivity index (χ1v) is 9.97. The van der Waals surface area contributed by atoms with Crippen molar-refractivity contribution in [2.45, 2.75) is 45.7 Å². The Morgan fingerprint density at radius 1 is 1.13 bits per heavy atom. The molecule has 0 unspecified atom stereocenters. The number of carbonyl (C=O) groups excluding carboxylic acids is 1. The summed E-state index contributed by atoms with van der Waals surface area (Å²) in [5.41, 5.74) is 2.46. The average molecular weight is 409 g/mol. The highest BCUT2D eigenvalue weighted by atomic mass is 19.1. The molecule has 4 rings (SSSR count). The van der Waals surface area contributed by atoms with Crippen LogP contribution in [0.5, 0.6) is 0 Å². The molecule has 1 N–H and O–H groups in total. The standard InChI is InChI=1S/C21H24FN7O/c1-13-11-14(2)26-21(25-13)27-17-5-4-10-28(15(17)3)19-7-6-18(16(12-30)20(19)22)29-23-8-9-24-29/h6-9,11-12,15,17H,4-5,10H2,1-3H3,(H,25,26,27)/t15-,17+/m1/s1. The molecule has 9 heteroatoms. The van der Waals surface area contributed by atoms with E-state index in [1.54, 1.807) is 12.1 Å². The van der Waals surface area contributed by atoms with E-state index in [0.717, 1.165) is 24.2 Å². The number of aromatic nitrogens is 5. The molecule has 0 amide bonds. The van der Waals surface area contributed by atoms with E-state index >= 15 is 4.39 Å². The predicted molar refractivity (Wildman–Crippen MR) is 112 cm³/mol. The first-order valence-electron chi connectivity index (χ1n) is 9.97. The fourth-order valence-corrected chi connectivity index (χ4v) is 4.05. The number of benzene rings is 1. The third kappa shape index (κ3) is 3.74. The summed E-state index contributed by atoms with van der Waals surface area (Å²) < 4.78 is 15.4. The molecule has 0 saturated carbocycles. The zero-order valence-electron chi connectivity index (χ0n) is 17.2. The van der Waals surface area contributed by atoms with Crippen LogP contribution in [0.15, 0.2) is 30.6 Å². The number of aldehydes is 1. The number of hydrogen-bond acceptors (Lipinski definition) is 7. The Labute approximate surface area is 174 Å². The lowest BCUT2D eigenvalue weighted by Gasteiger charge is -2.41. The van der Waals surface area contributed by atoms with E-state index in [0.29, 0.717) is 30.2 Å². The molecule has 1 saturated heterocycles. The molecule has 1 aliphatic rings. The predicted octanol–water partition coefficient (Wildman–Crippen LogP) is 3.10. The van der Waals surface area contributed by atoms with E-state index in [9.17, 15) is 4.79 Å². The van der Waals surface area contributed by atoms with Crippen LogP contribution >= 0.6 is 0 Å². The highest BCUT2D eigenvalue weighted by Gasteiger charge is 2.31. The summed E-state index contributed by atoms with van der Waals surface area (Å²) in [5, 5.41) is 11.4. The smallest absolute Gasteiger partial charge is 0.223 e. The Balaban J connectivity index is 1.62. The first-order chi connectivity index (χ1) is 14.5. The zero-order chi connectivity index (χ0) is 21.3. The van der Waals surface area contributed by atoms with Gasteiger partial charge in [-0.1, -0.05) is 0 Å². The molecular weight excluding hydrogens is 385 g/mol. The molecule has 30 heavy (non-hydrogen) atoms. The largest absolute Gasteiger partial charge is 0.364 e. The van der Waals surface area contributed by atoms with Gasteiger partial charge in [-0.2, -0.15) is 15.0 Å². The third-order valence-electron chi connectivity index (χ3n) is 5.48. The van der Waals surface area contributed by atoms with Crippen LogP contribution in [0.4, 0.5) is 16.0 Å². The lowest BCUT2D eigenvalue weighted by atomic mass is 9.96. The number of nitrogens with one attached hydrogen (secondary N) is 1. The molecule has 3 heterocycles. The minimum Gasteiger partial charge on any atom is -0.364 e. The van der Waals surface area contributed by atoms with E-state index in [4.69, 9.17) is 0 Å². The fraction of sp³-hybridized carbons (Fsp3) is 0.381. The van der Waals surface area contributed by atoms with E-state index in [1.807, 2.05) is 31.7 Å². The first kappa shape index (κ1) is 19.9. The molecule has 0 bridgehead atoms. The molecular formula is C21H24FN7O. The van der Waals surface area contributed by atoms with Gasteiger partial charge in [0.05, 0.1) is 29.3 Å². The zero-order valence-corrected chi connectivity index (χ0v) is 17.2. The van der Waals surface area contributed by atoms with E-state index in [2.05, 4.69) is 25.5 Å². The summed E-state index contributed by atoms with van der Waals surface area (Å²) in [6.45, 7) is 6.61. The van der Waals surface area contributed by atoms with Crippen molar-refractivity contribution in [2.75, 3.05) is 16.8 Å². The molecule has 3 aromatic rings. The van der Waals surface area contributed by atoms with Gasteiger partial charge in [0.25, 0.3) is 0 Å². The van der Waals surface area contributed by atoms with Gasteiger partial charge in [0.15, 0.2) is 12.1 Å². The summed E-state index contributed by atoms with van der Waals surface area (Å²) in [4.78, 5) is 23.8. The number of carbonyl (C=O) groups is 1. The lowest BCUT2D eigenvalue weighted by Crippen LogP contribution is -2.50. The van der Waals surface area contributed by atoms with Crippen molar-refractivity contribution >= 4 is 17.9 Å². The Morgan fingerprint density at radius 3 is 2.47 bits per heavy atom. The van der Waals surface area contributed by atoms with E-state index < -0.39 is 5.82 Å². The number of halogens is 1. The molecule has 0 radical (unpaired) electrons. The van der Waals surface area contributed by atoms with Gasteiger partial charge in [-0.05, 0) is 51.8 Å². The van der Waals surface area contributed by atoms with E-state index in [1.165, 1.54) is 17.2 Å². The Morgan fingerprint density at radius 2 is 1.80 bits per heavy atom. The summed E-state index contributed by atoms with van der Waals surface area (Å²) in [7, 11) is 0. The summed E-state index contributed by atoms with van der Waals surface area (Å²) >= 11 is 0. The minimum absolute atomic E-state index is 0.0224. The van der Waals surface area contributed by atoms with Crippen LogP contribution in [0.1, 0.15) is 41.5 Å². The number of rotatable bonds is 5. The Hall–Kier alpha value is -3.36. The maximum atomic E-state index is 15.4. The van der Waals surface area contributed by atoms with Crippen molar-refractivity contribution in [2.24, 2.45) is 0 Å². The van der Waals surface area contributed by atoms with Crippen LogP contribution < -0.4 is 10.2 Å². The van der Waals surface area contributed by atoms with Crippen LogP contribution in [-0.4, -0.2) is 49.9 Å². The van der Waals surface area contributed by atoms with Crippen molar-refractivity contribution in [1.82, 2.24) is 25.0 Å². The van der Waals surface area contributed by atoms with Crippen LogP contribution in [0.2, 0.25) is 0 Å². The Bertz CT molecular complexity index is 1030. The third-order valence-corrected chi connectivity index (χ3v) is 5.48. The Kier molecular flexibility index (Phi) is 5.43. The number of aryl methyl sites for hydroxylation is 2. The topological polar surface area (TPSA) is 88.8 Å². The molecule has 1 fully saturated rings. The van der Waals surface area contributed by atoms with Crippen molar-refractivity contribution in [3.63, 3.8) is 0 Å². The molecule has 0 spiro atoms. The highest BCUT2D eigenvalue weighted by Crippen LogP contribution is 2.31. The summed E-state index contributed by atoms with van der Waals surface area (Å²) in [5.74, 6) is 0.0234. The van der Waals surface area contributed by atoms with Gasteiger partial charge in [0.2, 0.25) is 5.95 Å². The van der Waals surface area contributed by atoms with Crippen LogP contribution in [0.3, 0.4) is 0 Å². The van der Waals surface area contributed by atoms with Crippen molar-refractivity contribution in [1.29, 1.82) is 0 Å². The van der Waals surface area contributed by atoms with Gasteiger partial charge in [-0.25, -0.2) is 14.4 Å². The van der Waals surface area contributed by atoms with Gasteiger partial charge in [-0.3, -0.25) is 4.79 Å². The van der Waals surface area contributed by atoms with Crippen molar-refractivity contribution in [3.8, 4) is 5.69 Å². The summed E-state index contributed by atoms with van der Waals surface area (Å²) in [6.07, 6.45) is 5.29. The second kappa shape index (κ2) is 8.17. The van der Waals surface area contributed by atoms with Gasteiger partial charge in [0.1, 0.15) is 0 Å². The maximum absolute atomic E-state index is 15.4. The van der Waals surface area contributed by atoms with Crippen LogP contribution in [0.25, 0.3) is 5.69 Å². The quantitative estimate of drug-likeness (QED) is 0.648. The van der Waals surface area contributed by atoms with Gasteiger partial charge in [-0.15, -0.1) is 0 Å². The van der Waals surface area contributed by atoms with Gasteiger partial charge >= 0.3 is 0 Å². The minimum atomic E-state index is -0.560. The number of anilines is 2. The highest BCUT2D eigenvalue weighted by molar-refractivity contribution is 5.83. The van der Waals surface area contributed by atoms with E-state index in [-0.39, 0.29) is 17.6 Å². The van der Waals surface area contributed by atoms with Gasteiger partial charge < -0.3 is 10.2 Å². The monoisotopic (exact) mass is 409 g/mol. The van der Waals surface area contributed by atoms with Crippen molar-refractivity contribution < 1.29 is 9.18 Å². The second-order valence-corrected chi connectivity index (χ2v) is 7.57. The molecule has 2 atom stereocenters. The summed E-state index contributed by atoms with van der Waals surface area (Å²) in [6, 6.07) is 5.32. The molecule has 8 nitrogen and oxygen atoms in total. The second-order valence-electron chi connectivity index (χ2n) is 7.57. The van der Waals surface area contributed by atoms with Gasteiger partial charge in [0, 0.05) is 30.0 Å². The van der Waals surface area contributed by atoms with Crippen LogP contribution in [-0.2, 0) is 0 Å². The fourth-order valence-electron chi connectivity index (χ4n) is 4.05.